The summed E-state index contributed by atoms with van der Waals surface area (Å²) in [5, 5.41) is 0. The van der Waals surface area contributed by atoms with Gasteiger partial charge < -0.3 is 10.5 Å². The van der Waals surface area contributed by atoms with Crippen molar-refractivity contribution in [2.45, 2.75) is 25.6 Å². The average Bonchev–Trinajstić information content (AvgIpc) is 2.63. The van der Waals surface area contributed by atoms with Gasteiger partial charge in [-0.15, -0.1) is 11.3 Å². The summed E-state index contributed by atoms with van der Waals surface area (Å²) in [6.07, 6.45) is -3.38. The second-order valence-corrected chi connectivity index (χ2v) is 4.59. The SMILES string of the molecule is CCc1ccc(C(N)COCC(F)(F)F)s1. The van der Waals surface area contributed by atoms with E-state index >= 15 is 0 Å². The lowest BCUT2D eigenvalue weighted by Crippen LogP contribution is -2.22. The van der Waals surface area contributed by atoms with Crippen LogP contribution in [0.5, 0.6) is 0 Å². The fourth-order valence-electron chi connectivity index (χ4n) is 1.17. The van der Waals surface area contributed by atoms with Gasteiger partial charge in [-0.2, -0.15) is 13.2 Å². The van der Waals surface area contributed by atoms with Gasteiger partial charge in [-0.25, -0.2) is 0 Å². The van der Waals surface area contributed by atoms with Crippen molar-refractivity contribution in [1.29, 1.82) is 0 Å². The quantitative estimate of drug-likeness (QED) is 0.875. The predicted octanol–water partition coefficient (Wildman–Crippen LogP) is 2.89. The van der Waals surface area contributed by atoms with Crippen LogP contribution in [0.4, 0.5) is 13.2 Å². The molecule has 1 aromatic heterocycles. The standard InChI is InChI=1S/C10H14F3NOS/c1-2-7-3-4-9(16-7)8(14)5-15-6-10(11,12)13/h3-4,8H,2,5-6,14H2,1H3. The van der Waals surface area contributed by atoms with Crippen molar-refractivity contribution in [2.24, 2.45) is 5.73 Å². The van der Waals surface area contributed by atoms with Crippen molar-refractivity contribution in [3.63, 3.8) is 0 Å². The van der Waals surface area contributed by atoms with E-state index in [-0.39, 0.29) is 6.61 Å². The van der Waals surface area contributed by atoms with E-state index < -0.39 is 18.8 Å². The first-order valence-corrected chi connectivity index (χ1v) is 5.72. The number of halogens is 3. The largest absolute Gasteiger partial charge is 0.411 e. The Bertz CT molecular complexity index is 324. The number of hydrogen-bond acceptors (Lipinski definition) is 3. The summed E-state index contributed by atoms with van der Waals surface area (Å²) in [5.41, 5.74) is 5.71. The van der Waals surface area contributed by atoms with Gasteiger partial charge in [0.05, 0.1) is 12.6 Å². The van der Waals surface area contributed by atoms with Crippen LogP contribution in [0.1, 0.15) is 22.7 Å². The maximum atomic E-state index is 11.8. The van der Waals surface area contributed by atoms with Gasteiger partial charge in [-0.05, 0) is 18.6 Å². The van der Waals surface area contributed by atoms with Crippen LogP contribution in [0.3, 0.4) is 0 Å². The molecule has 0 aromatic carbocycles. The first-order chi connectivity index (χ1) is 7.42. The van der Waals surface area contributed by atoms with Crippen molar-refractivity contribution < 1.29 is 17.9 Å². The first-order valence-electron chi connectivity index (χ1n) is 4.91. The van der Waals surface area contributed by atoms with Crippen LogP contribution in [0.25, 0.3) is 0 Å². The Morgan fingerprint density at radius 3 is 2.62 bits per heavy atom. The molecule has 0 saturated carbocycles. The minimum atomic E-state index is -4.29. The molecule has 0 bridgehead atoms. The fraction of sp³-hybridized carbons (Fsp3) is 0.600. The van der Waals surface area contributed by atoms with Crippen LogP contribution < -0.4 is 5.73 Å². The number of ether oxygens (including phenoxy) is 1. The van der Waals surface area contributed by atoms with Crippen LogP contribution in [-0.4, -0.2) is 19.4 Å². The molecule has 0 spiro atoms. The predicted molar refractivity (Wildman–Crippen MR) is 57.5 cm³/mol. The molecular formula is C10H14F3NOS. The second kappa shape index (κ2) is 5.65. The Morgan fingerprint density at radius 2 is 2.12 bits per heavy atom. The molecule has 1 unspecified atom stereocenters. The monoisotopic (exact) mass is 253 g/mol. The summed E-state index contributed by atoms with van der Waals surface area (Å²) in [4.78, 5) is 2.03. The Balaban J connectivity index is 2.37. The number of aryl methyl sites for hydroxylation is 1. The van der Waals surface area contributed by atoms with E-state index in [1.54, 1.807) is 0 Å². The molecule has 6 heteroatoms. The summed E-state index contributed by atoms with van der Waals surface area (Å²) < 4.78 is 39.9. The highest BCUT2D eigenvalue weighted by molar-refractivity contribution is 7.12. The van der Waals surface area contributed by atoms with Crippen molar-refractivity contribution in [3.8, 4) is 0 Å². The van der Waals surface area contributed by atoms with Gasteiger partial charge in [0.15, 0.2) is 0 Å². The number of thiophene rings is 1. The normalized spacial score (nSPS) is 14.1. The zero-order valence-corrected chi connectivity index (χ0v) is 9.70. The van der Waals surface area contributed by atoms with Gasteiger partial charge in [-0.3, -0.25) is 0 Å². The van der Waals surface area contributed by atoms with Crippen molar-refractivity contribution in [1.82, 2.24) is 0 Å². The van der Waals surface area contributed by atoms with Crippen molar-refractivity contribution >= 4 is 11.3 Å². The van der Waals surface area contributed by atoms with Gasteiger partial charge in [-0.1, -0.05) is 6.92 Å². The zero-order chi connectivity index (χ0) is 12.2. The van der Waals surface area contributed by atoms with E-state index in [1.165, 1.54) is 16.2 Å². The summed E-state index contributed by atoms with van der Waals surface area (Å²) >= 11 is 1.51. The van der Waals surface area contributed by atoms with Gasteiger partial charge in [0.1, 0.15) is 6.61 Å². The van der Waals surface area contributed by atoms with Crippen LogP contribution in [0.2, 0.25) is 0 Å². The van der Waals surface area contributed by atoms with Crippen LogP contribution >= 0.6 is 11.3 Å². The molecule has 1 atom stereocenters. The highest BCUT2D eigenvalue weighted by Gasteiger charge is 2.27. The maximum Gasteiger partial charge on any atom is 0.411 e. The third kappa shape index (κ3) is 4.51. The van der Waals surface area contributed by atoms with Crippen LogP contribution in [0, 0.1) is 0 Å². The Hall–Kier alpha value is -0.590. The smallest absolute Gasteiger partial charge is 0.370 e. The average molecular weight is 253 g/mol. The molecule has 16 heavy (non-hydrogen) atoms. The molecule has 0 radical (unpaired) electrons. The molecule has 0 amide bonds. The Kier molecular flexibility index (Phi) is 4.76. The van der Waals surface area contributed by atoms with Gasteiger partial charge in [0, 0.05) is 9.75 Å². The Labute approximate surface area is 96.2 Å². The summed E-state index contributed by atoms with van der Waals surface area (Å²) in [7, 11) is 0. The highest BCUT2D eigenvalue weighted by atomic mass is 32.1. The van der Waals surface area contributed by atoms with Gasteiger partial charge in [0.25, 0.3) is 0 Å². The maximum absolute atomic E-state index is 11.8. The van der Waals surface area contributed by atoms with E-state index in [4.69, 9.17) is 5.73 Å². The van der Waals surface area contributed by atoms with E-state index in [1.807, 2.05) is 19.1 Å². The van der Waals surface area contributed by atoms with Crippen molar-refractivity contribution in [2.75, 3.05) is 13.2 Å². The minimum Gasteiger partial charge on any atom is -0.370 e. The molecule has 0 aliphatic carbocycles. The van der Waals surface area contributed by atoms with Gasteiger partial charge in [0.2, 0.25) is 0 Å². The Morgan fingerprint density at radius 1 is 1.44 bits per heavy atom. The molecule has 1 rings (SSSR count). The molecule has 0 aliphatic heterocycles. The van der Waals surface area contributed by atoms with E-state index in [0.717, 1.165) is 11.3 Å². The molecule has 2 nitrogen and oxygen atoms in total. The molecule has 1 aromatic rings. The number of hydrogen-bond donors (Lipinski definition) is 1. The highest BCUT2D eigenvalue weighted by Crippen LogP contribution is 2.23. The second-order valence-electron chi connectivity index (χ2n) is 3.39. The molecule has 1 heterocycles. The van der Waals surface area contributed by atoms with Crippen LogP contribution in [0.15, 0.2) is 12.1 Å². The molecule has 2 N–H and O–H groups in total. The molecule has 0 saturated heterocycles. The summed E-state index contributed by atoms with van der Waals surface area (Å²) in [5.74, 6) is 0. The van der Waals surface area contributed by atoms with Crippen LogP contribution in [-0.2, 0) is 11.2 Å². The number of nitrogens with two attached hydrogens (primary N) is 1. The summed E-state index contributed by atoms with van der Waals surface area (Å²) in [6.45, 7) is 0.664. The minimum absolute atomic E-state index is 0.108. The van der Waals surface area contributed by atoms with E-state index in [0.29, 0.717) is 0 Å². The van der Waals surface area contributed by atoms with E-state index in [9.17, 15) is 13.2 Å². The third-order valence-electron chi connectivity index (χ3n) is 1.96. The lowest BCUT2D eigenvalue weighted by molar-refractivity contribution is -0.174. The molecule has 92 valence electrons. The summed E-state index contributed by atoms with van der Waals surface area (Å²) in [6, 6.07) is 3.29. The molecule has 0 fully saturated rings. The number of alkyl halides is 3. The number of rotatable bonds is 5. The zero-order valence-electron chi connectivity index (χ0n) is 8.88. The lowest BCUT2D eigenvalue weighted by atomic mass is 10.2. The fourth-order valence-corrected chi connectivity index (χ4v) is 2.11. The van der Waals surface area contributed by atoms with Crippen molar-refractivity contribution in [3.05, 3.63) is 21.9 Å². The van der Waals surface area contributed by atoms with Gasteiger partial charge >= 0.3 is 6.18 Å². The molecule has 0 aliphatic rings. The lowest BCUT2D eigenvalue weighted by Gasteiger charge is -2.11. The first kappa shape index (κ1) is 13.5. The topological polar surface area (TPSA) is 35.2 Å². The third-order valence-corrected chi connectivity index (χ3v) is 3.32. The molecular weight excluding hydrogens is 239 g/mol. The van der Waals surface area contributed by atoms with E-state index in [2.05, 4.69) is 4.74 Å².